The lowest BCUT2D eigenvalue weighted by Gasteiger charge is -2.26. The van der Waals surface area contributed by atoms with Crippen LogP contribution in [0.3, 0.4) is 0 Å². The number of alkyl halides is 1. The summed E-state index contributed by atoms with van der Waals surface area (Å²) in [6.45, 7) is 10.1. The number of hydrogen-bond acceptors (Lipinski definition) is 2. The second-order valence-corrected chi connectivity index (χ2v) is 4.16. The molecule has 0 aliphatic carbocycles. The van der Waals surface area contributed by atoms with Crippen LogP contribution >= 0.6 is 15.9 Å². The minimum atomic E-state index is 0.623. The van der Waals surface area contributed by atoms with E-state index in [1.165, 1.54) is 5.57 Å². The third kappa shape index (κ3) is 3.79. The van der Waals surface area contributed by atoms with Gasteiger partial charge >= 0.3 is 0 Å². The van der Waals surface area contributed by atoms with Crippen LogP contribution < -0.4 is 0 Å². The summed E-state index contributed by atoms with van der Waals surface area (Å²) < 4.78 is 5.43. The maximum atomic E-state index is 5.43. The fourth-order valence-corrected chi connectivity index (χ4v) is 1.68. The van der Waals surface area contributed by atoms with Gasteiger partial charge < -0.3 is 4.74 Å². The molecular weight excluding hydrogens is 230 g/mol. The van der Waals surface area contributed by atoms with Crippen LogP contribution in [-0.2, 0) is 4.74 Å². The van der Waals surface area contributed by atoms with Crippen LogP contribution in [0.5, 0.6) is 0 Å². The van der Waals surface area contributed by atoms with E-state index in [2.05, 4.69) is 34.3 Å². The summed E-state index contributed by atoms with van der Waals surface area (Å²) in [5.41, 5.74) is 1.24. The van der Waals surface area contributed by atoms with Crippen LogP contribution in [0.25, 0.3) is 0 Å². The minimum absolute atomic E-state index is 0.623. The van der Waals surface area contributed by atoms with Crippen LogP contribution in [0.1, 0.15) is 13.3 Å². The van der Waals surface area contributed by atoms with E-state index in [4.69, 9.17) is 4.74 Å². The lowest BCUT2D eigenvalue weighted by atomic mass is 10.2. The van der Waals surface area contributed by atoms with Gasteiger partial charge in [-0.05, 0) is 13.3 Å². The van der Waals surface area contributed by atoms with Crippen LogP contribution in [-0.4, -0.2) is 42.6 Å². The summed E-state index contributed by atoms with van der Waals surface area (Å²) in [5, 5.41) is 0.900. The Labute approximate surface area is 89.1 Å². The van der Waals surface area contributed by atoms with Crippen molar-refractivity contribution in [2.75, 3.05) is 31.6 Å². The van der Waals surface area contributed by atoms with Gasteiger partial charge in [0.25, 0.3) is 0 Å². The van der Waals surface area contributed by atoms with E-state index in [1.54, 1.807) is 0 Å². The van der Waals surface area contributed by atoms with Gasteiger partial charge in [-0.1, -0.05) is 28.1 Å². The summed E-state index contributed by atoms with van der Waals surface area (Å²) in [7, 11) is 0. The molecule has 1 aliphatic heterocycles. The average molecular weight is 248 g/mol. The summed E-state index contributed by atoms with van der Waals surface area (Å²) in [4.78, 5) is 2.44. The highest BCUT2D eigenvalue weighted by molar-refractivity contribution is 9.09. The molecule has 1 heterocycles. The van der Waals surface area contributed by atoms with Crippen LogP contribution in [0.15, 0.2) is 12.2 Å². The van der Waals surface area contributed by atoms with E-state index in [9.17, 15) is 0 Å². The van der Waals surface area contributed by atoms with Gasteiger partial charge in [0.15, 0.2) is 0 Å². The summed E-state index contributed by atoms with van der Waals surface area (Å²) in [6.07, 6.45) is 1.13. The highest BCUT2D eigenvalue weighted by Crippen LogP contribution is 2.11. The second kappa shape index (κ2) is 5.78. The van der Waals surface area contributed by atoms with Gasteiger partial charge in [-0.2, -0.15) is 0 Å². The quantitative estimate of drug-likeness (QED) is 0.560. The molecule has 0 spiro atoms. The van der Waals surface area contributed by atoms with E-state index in [-0.39, 0.29) is 0 Å². The maximum Gasteiger partial charge on any atom is 0.0593 e. The van der Waals surface area contributed by atoms with Gasteiger partial charge in [0.2, 0.25) is 0 Å². The van der Waals surface area contributed by atoms with Gasteiger partial charge in [0, 0.05) is 31.1 Å². The van der Waals surface area contributed by atoms with E-state index >= 15 is 0 Å². The summed E-state index contributed by atoms with van der Waals surface area (Å²) >= 11 is 3.42. The Morgan fingerprint density at radius 2 is 2.38 bits per heavy atom. The number of hydrogen-bond donors (Lipinski definition) is 0. The molecule has 1 aliphatic rings. The topological polar surface area (TPSA) is 12.5 Å². The first-order valence-electron chi connectivity index (χ1n) is 4.78. The molecule has 0 radical (unpaired) electrons. The molecule has 1 rings (SSSR count). The molecule has 1 saturated heterocycles. The average Bonchev–Trinajstić information content (AvgIpc) is 2.32. The zero-order valence-electron chi connectivity index (χ0n) is 8.26. The summed E-state index contributed by atoms with van der Waals surface area (Å²) in [5.74, 6) is 0. The highest BCUT2D eigenvalue weighted by Gasteiger charge is 2.16. The van der Waals surface area contributed by atoms with Crippen molar-refractivity contribution < 1.29 is 4.74 Å². The second-order valence-electron chi connectivity index (χ2n) is 3.60. The molecule has 1 fully saturated rings. The molecule has 0 aromatic rings. The van der Waals surface area contributed by atoms with Gasteiger partial charge in [0.1, 0.15) is 0 Å². The predicted octanol–water partition coefficient (Wildman–Crippen LogP) is 2.05. The highest BCUT2D eigenvalue weighted by atomic mass is 79.9. The van der Waals surface area contributed by atoms with E-state index in [0.717, 1.165) is 38.1 Å². The van der Waals surface area contributed by atoms with Crippen molar-refractivity contribution in [1.82, 2.24) is 4.90 Å². The molecule has 0 aromatic heterocycles. The first-order chi connectivity index (χ1) is 6.24. The molecule has 2 nitrogen and oxygen atoms in total. The molecule has 0 saturated carbocycles. The normalized spacial score (nSPS) is 25.5. The lowest BCUT2D eigenvalue weighted by Crippen LogP contribution is -2.35. The number of ether oxygens (including phenoxy) is 1. The Bertz CT molecular complexity index is 172. The van der Waals surface area contributed by atoms with Crippen molar-refractivity contribution in [3.8, 4) is 0 Å². The fourth-order valence-electron chi connectivity index (χ4n) is 1.51. The standard InChI is InChI=1S/C10H18BrNO/c1-9(7-11)8-12-4-6-13-5-3-10(12)2/h10H,1,3-8H2,2H3. The van der Waals surface area contributed by atoms with Crippen molar-refractivity contribution in [2.45, 2.75) is 19.4 Å². The van der Waals surface area contributed by atoms with E-state index in [1.807, 2.05) is 0 Å². The Morgan fingerprint density at radius 3 is 3.08 bits per heavy atom. The van der Waals surface area contributed by atoms with Gasteiger partial charge in [-0.3, -0.25) is 4.90 Å². The van der Waals surface area contributed by atoms with Gasteiger partial charge in [-0.25, -0.2) is 0 Å². The zero-order valence-corrected chi connectivity index (χ0v) is 9.85. The largest absolute Gasteiger partial charge is 0.380 e. The van der Waals surface area contributed by atoms with Crippen LogP contribution in [0, 0.1) is 0 Å². The lowest BCUT2D eigenvalue weighted by molar-refractivity contribution is 0.142. The van der Waals surface area contributed by atoms with Crippen molar-refractivity contribution in [1.29, 1.82) is 0 Å². The van der Waals surface area contributed by atoms with Crippen LogP contribution in [0.4, 0.5) is 0 Å². The molecule has 3 heteroatoms. The van der Waals surface area contributed by atoms with Crippen molar-refractivity contribution in [3.63, 3.8) is 0 Å². The molecule has 0 bridgehead atoms. The molecule has 1 atom stereocenters. The molecule has 0 aromatic carbocycles. The smallest absolute Gasteiger partial charge is 0.0593 e. The minimum Gasteiger partial charge on any atom is -0.380 e. The molecule has 1 unspecified atom stereocenters. The number of nitrogens with zero attached hydrogens (tertiary/aromatic N) is 1. The Kier molecular flexibility index (Phi) is 4.99. The molecule has 0 amide bonds. The fraction of sp³-hybridized carbons (Fsp3) is 0.800. The maximum absolute atomic E-state index is 5.43. The Hall–Kier alpha value is 0.140. The number of rotatable bonds is 3. The first kappa shape index (κ1) is 11.2. The molecule has 13 heavy (non-hydrogen) atoms. The van der Waals surface area contributed by atoms with Crippen molar-refractivity contribution >= 4 is 15.9 Å². The van der Waals surface area contributed by atoms with Gasteiger partial charge in [-0.15, -0.1) is 0 Å². The third-order valence-corrected chi connectivity index (χ3v) is 3.23. The first-order valence-corrected chi connectivity index (χ1v) is 5.90. The molecule has 76 valence electrons. The van der Waals surface area contributed by atoms with E-state index in [0.29, 0.717) is 6.04 Å². The van der Waals surface area contributed by atoms with Crippen molar-refractivity contribution in [3.05, 3.63) is 12.2 Å². The number of halogens is 1. The zero-order chi connectivity index (χ0) is 9.68. The Balaban J connectivity index is 2.40. The van der Waals surface area contributed by atoms with Gasteiger partial charge in [0.05, 0.1) is 6.61 Å². The molecule has 0 N–H and O–H groups in total. The monoisotopic (exact) mass is 247 g/mol. The summed E-state index contributed by atoms with van der Waals surface area (Å²) in [6, 6.07) is 0.623. The van der Waals surface area contributed by atoms with Crippen molar-refractivity contribution in [2.24, 2.45) is 0 Å². The predicted molar refractivity (Wildman–Crippen MR) is 59.4 cm³/mol. The van der Waals surface area contributed by atoms with E-state index < -0.39 is 0 Å². The SMILES string of the molecule is C=C(CBr)CN1CCOCCC1C. The Morgan fingerprint density at radius 1 is 1.62 bits per heavy atom. The van der Waals surface area contributed by atoms with Crippen LogP contribution in [0.2, 0.25) is 0 Å². The third-order valence-electron chi connectivity index (χ3n) is 2.44. The molecular formula is C10H18BrNO.